The summed E-state index contributed by atoms with van der Waals surface area (Å²) in [6, 6.07) is 4.73. The standard InChI is InChI=1S/C7H7BO5/c9-8(10)13-5-1-2-6-7(3-5)12-4-11-6/h1-3,9-10H,4H2. The summed E-state index contributed by atoms with van der Waals surface area (Å²) in [7, 11) is -1.82. The molecular formula is C7H7BO5. The topological polar surface area (TPSA) is 68.2 Å². The van der Waals surface area contributed by atoms with Crippen molar-refractivity contribution >= 4 is 7.32 Å². The molecule has 13 heavy (non-hydrogen) atoms. The van der Waals surface area contributed by atoms with Crippen LogP contribution in [0.25, 0.3) is 0 Å². The molecule has 0 unspecified atom stereocenters. The molecule has 2 rings (SSSR count). The lowest BCUT2D eigenvalue weighted by Gasteiger charge is -2.04. The van der Waals surface area contributed by atoms with Gasteiger partial charge < -0.3 is 24.2 Å². The molecular weight excluding hydrogens is 175 g/mol. The van der Waals surface area contributed by atoms with Crippen LogP contribution in [0.5, 0.6) is 17.2 Å². The Bertz CT molecular complexity index is 314. The molecule has 0 radical (unpaired) electrons. The Labute approximate surface area is 74.6 Å². The first-order chi connectivity index (χ1) is 6.25. The van der Waals surface area contributed by atoms with E-state index in [0.29, 0.717) is 17.2 Å². The minimum absolute atomic E-state index is 0.181. The van der Waals surface area contributed by atoms with Crippen LogP contribution in [0.4, 0.5) is 0 Å². The molecule has 1 aromatic rings. The Hall–Kier alpha value is -1.40. The monoisotopic (exact) mass is 182 g/mol. The van der Waals surface area contributed by atoms with E-state index in [-0.39, 0.29) is 6.79 Å². The van der Waals surface area contributed by atoms with Crippen LogP contribution in [0.15, 0.2) is 18.2 Å². The second kappa shape index (κ2) is 3.16. The van der Waals surface area contributed by atoms with E-state index >= 15 is 0 Å². The third kappa shape index (κ3) is 1.68. The number of rotatable bonds is 2. The maximum atomic E-state index is 8.52. The first kappa shape index (κ1) is 8.21. The van der Waals surface area contributed by atoms with E-state index in [0.717, 1.165) is 0 Å². The summed E-state index contributed by atoms with van der Waals surface area (Å²) < 4.78 is 14.7. The van der Waals surface area contributed by atoms with Crippen molar-refractivity contribution in [3.63, 3.8) is 0 Å². The van der Waals surface area contributed by atoms with Gasteiger partial charge in [-0.1, -0.05) is 0 Å². The van der Waals surface area contributed by atoms with Crippen molar-refractivity contribution in [2.75, 3.05) is 6.79 Å². The highest BCUT2D eigenvalue weighted by molar-refractivity contribution is 6.33. The summed E-state index contributed by atoms with van der Waals surface area (Å²) in [5.41, 5.74) is 0. The third-order valence-corrected chi connectivity index (χ3v) is 1.59. The van der Waals surface area contributed by atoms with Crippen molar-refractivity contribution in [3.8, 4) is 17.2 Å². The molecule has 68 valence electrons. The second-order valence-corrected chi connectivity index (χ2v) is 2.46. The zero-order valence-corrected chi connectivity index (χ0v) is 6.64. The van der Waals surface area contributed by atoms with Gasteiger partial charge >= 0.3 is 7.32 Å². The molecule has 6 heteroatoms. The van der Waals surface area contributed by atoms with Crippen molar-refractivity contribution in [2.24, 2.45) is 0 Å². The predicted octanol–water partition coefficient (Wildman–Crippen LogP) is -0.236. The van der Waals surface area contributed by atoms with Crippen LogP contribution >= 0.6 is 0 Å². The average molecular weight is 182 g/mol. The summed E-state index contributed by atoms with van der Waals surface area (Å²) in [6.45, 7) is 0.181. The Morgan fingerprint density at radius 1 is 1.23 bits per heavy atom. The van der Waals surface area contributed by atoms with Crippen LogP contribution in [0.2, 0.25) is 0 Å². The van der Waals surface area contributed by atoms with Crippen LogP contribution < -0.4 is 14.1 Å². The molecule has 0 amide bonds. The first-order valence-corrected chi connectivity index (χ1v) is 3.68. The zero-order chi connectivity index (χ0) is 9.26. The van der Waals surface area contributed by atoms with Crippen LogP contribution in [0, 0.1) is 0 Å². The zero-order valence-electron chi connectivity index (χ0n) is 6.64. The smallest absolute Gasteiger partial charge is 0.512 e. The molecule has 0 saturated heterocycles. The lowest BCUT2D eigenvalue weighted by molar-refractivity contribution is 0.174. The fraction of sp³-hybridized carbons (Fsp3) is 0.143. The van der Waals surface area contributed by atoms with Crippen LogP contribution in [-0.4, -0.2) is 24.2 Å². The van der Waals surface area contributed by atoms with E-state index in [9.17, 15) is 0 Å². The lowest BCUT2D eigenvalue weighted by Crippen LogP contribution is -2.20. The van der Waals surface area contributed by atoms with E-state index in [1.54, 1.807) is 12.1 Å². The fourth-order valence-electron chi connectivity index (χ4n) is 1.07. The molecule has 1 heterocycles. The molecule has 0 bridgehead atoms. The van der Waals surface area contributed by atoms with Crippen LogP contribution in [-0.2, 0) is 0 Å². The van der Waals surface area contributed by atoms with Crippen molar-refractivity contribution in [3.05, 3.63) is 18.2 Å². The van der Waals surface area contributed by atoms with E-state index < -0.39 is 7.32 Å². The van der Waals surface area contributed by atoms with Gasteiger partial charge in [0, 0.05) is 6.07 Å². The predicted molar refractivity (Wildman–Crippen MR) is 43.4 cm³/mol. The van der Waals surface area contributed by atoms with Gasteiger partial charge in [0.05, 0.1) is 0 Å². The normalized spacial score (nSPS) is 12.8. The Balaban J connectivity index is 2.21. The lowest BCUT2D eigenvalue weighted by atomic mass is 10.2. The molecule has 0 fully saturated rings. The molecule has 0 saturated carbocycles. The molecule has 0 atom stereocenters. The average Bonchev–Trinajstić information content (AvgIpc) is 2.49. The maximum Gasteiger partial charge on any atom is 0.707 e. The molecule has 5 nitrogen and oxygen atoms in total. The largest absolute Gasteiger partial charge is 0.707 e. The van der Waals surface area contributed by atoms with Crippen molar-refractivity contribution in [1.29, 1.82) is 0 Å². The molecule has 0 aliphatic carbocycles. The number of fused-ring (bicyclic) bond motifs is 1. The Morgan fingerprint density at radius 3 is 2.77 bits per heavy atom. The highest BCUT2D eigenvalue weighted by Crippen LogP contribution is 2.34. The van der Waals surface area contributed by atoms with Gasteiger partial charge in [-0.2, -0.15) is 0 Å². The van der Waals surface area contributed by atoms with Gasteiger partial charge in [0.25, 0.3) is 0 Å². The number of hydrogen-bond donors (Lipinski definition) is 2. The summed E-state index contributed by atoms with van der Waals surface area (Å²) in [5, 5.41) is 17.0. The van der Waals surface area contributed by atoms with Gasteiger partial charge in [-0.15, -0.1) is 0 Å². The molecule has 1 aromatic carbocycles. The van der Waals surface area contributed by atoms with Gasteiger partial charge in [0.15, 0.2) is 11.5 Å². The first-order valence-electron chi connectivity index (χ1n) is 3.68. The van der Waals surface area contributed by atoms with Crippen molar-refractivity contribution < 1.29 is 24.2 Å². The minimum Gasteiger partial charge on any atom is -0.512 e. The molecule has 1 aliphatic heterocycles. The number of ether oxygens (including phenoxy) is 2. The van der Waals surface area contributed by atoms with Gasteiger partial charge in [-0.3, -0.25) is 0 Å². The van der Waals surface area contributed by atoms with Crippen molar-refractivity contribution in [2.45, 2.75) is 0 Å². The van der Waals surface area contributed by atoms with Crippen LogP contribution in [0.3, 0.4) is 0 Å². The highest BCUT2D eigenvalue weighted by atomic mass is 16.7. The van der Waals surface area contributed by atoms with E-state index in [1.165, 1.54) is 6.07 Å². The summed E-state index contributed by atoms with van der Waals surface area (Å²) in [5.74, 6) is 1.48. The maximum absolute atomic E-state index is 8.52. The molecule has 2 N–H and O–H groups in total. The van der Waals surface area contributed by atoms with E-state index in [2.05, 4.69) is 4.65 Å². The molecule has 1 aliphatic rings. The molecule has 0 spiro atoms. The summed E-state index contributed by atoms with van der Waals surface area (Å²) in [6.07, 6.45) is 0. The van der Waals surface area contributed by atoms with Gasteiger partial charge in [0.2, 0.25) is 6.79 Å². The van der Waals surface area contributed by atoms with E-state index in [4.69, 9.17) is 19.5 Å². The fourth-order valence-corrected chi connectivity index (χ4v) is 1.07. The summed E-state index contributed by atoms with van der Waals surface area (Å²) in [4.78, 5) is 0. The van der Waals surface area contributed by atoms with Gasteiger partial charge in [-0.25, -0.2) is 0 Å². The van der Waals surface area contributed by atoms with Gasteiger partial charge in [-0.05, 0) is 12.1 Å². The number of hydrogen-bond acceptors (Lipinski definition) is 5. The SMILES string of the molecule is OB(O)Oc1ccc2c(c1)OCO2. The summed E-state index contributed by atoms with van der Waals surface area (Å²) >= 11 is 0. The minimum atomic E-state index is -1.82. The number of benzene rings is 1. The van der Waals surface area contributed by atoms with Crippen molar-refractivity contribution in [1.82, 2.24) is 0 Å². The third-order valence-electron chi connectivity index (χ3n) is 1.59. The van der Waals surface area contributed by atoms with Gasteiger partial charge in [0.1, 0.15) is 5.75 Å². The Kier molecular flexibility index (Phi) is 1.99. The quantitative estimate of drug-likeness (QED) is 0.618. The highest BCUT2D eigenvalue weighted by Gasteiger charge is 2.16. The van der Waals surface area contributed by atoms with E-state index in [1.807, 2.05) is 0 Å². The molecule has 0 aromatic heterocycles. The van der Waals surface area contributed by atoms with Crippen LogP contribution in [0.1, 0.15) is 0 Å². The Morgan fingerprint density at radius 2 is 2.00 bits per heavy atom. The second-order valence-electron chi connectivity index (χ2n) is 2.46.